The average molecular weight is 314 g/mol. The van der Waals surface area contributed by atoms with Crippen LogP contribution in [0.15, 0.2) is 24.3 Å². The highest BCUT2D eigenvalue weighted by Crippen LogP contribution is 2.40. The number of morpholine rings is 1. The molecule has 0 amide bonds. The van der Waals surface area contributed by atoms with Gasteiger partial charge in [0.25, 0.3) is 0 Å². The normalized spacial score (nSPS) is 23.3. The lowest BCUT2D eigenvalue weighted by molar-refractivity contribution is 0.0198. The molecule has 3 nitrogen and oxygen atoms in total. The Morgan fingerprint density at radius 3 is 2.61 bits per heavy atom. The predicted molar refractivity (Wildman–Crippen MR) is 97.3 cm³/mol. The van der Waals surface area contributed by atoms with E-state index in [0.29, 0.717) is 11.5 Å². The van der Waals surface area contributed by atoms with Crippen molar-refractivity contribution in [2.24, 2.45) is 5.41 Å². The van der Waals surface area contributed by atoms with Crippen molar-refractivity contribution >= 4 is 11.3 Å². The second kappa shape index (κ2) is 6.66. The van der Waals surface area contributed by atoms with Crippen LogP contribution in [0.25, 0.3) is 5.57 Å². The largest absolute Gasteiger partial charge is 0.398 e. The van der Waals surface area contributed by atoms with E-state index in [1.165, 1.54) is 23.1 Å². The number of allylic oxidation sites excluding steroid dienone is 2. The molecule has 0 saturated carbocycles. The smallest absolute Gasteiger partial charge is 0.0594 e. The quantitative estimate of drug-likeness (QED) is 0.847. The SMILES string of the molecule is CC(c1ccc(N)c(C2=CCC(C)(C)CC2)c1)N1CCOCC1. The lowest BCUT2D eigenvalue weighted by atomic mass is 9.76. The number of nitrogens with two attached hydrogens (primary N) is 1. The van der Waals surface area contributed by atoms with Crippen molar-refractivity contribution in [2.75, 3.05) is 32.0 Å². The highest BCUT2D eigenvalue weighted by atomic mass is 16.5. The van der Waals surface area contributed by atoms with Crippen LogP contribution < -0.4 is 5.73 Å². The zero-order chi connectivity index (χ0) is 16.4. The summed E-state index contributed by atoms with van der Waals surface area (Å²) < 4.78 is 5.47. The van der Waals surface area contributed by atoms with Gasteiger partial charge >= 0.3 is 0 Å². The van der Waals surface area contributed by atoms with Crippen LogP contribution in [0.2, 0.25) is 0 Å². The van der Waals surface area contributed by atoms with Gasteiger partial charge in [0.05, 0.1) is 13.2 Å². The summed E-state index contributed by atoms with van der Waals surface area (Å²) >= 11 is 0. The number of benzene rings is 1. The Bertz CT molecular complexity index is 585. The summed E-state index contributed by atoms with van der Waals surface area (Å²) in [5, 5.41) is 0. The number of hydrogen-bond acceptors (Lipinski definition) is 3. The van der Waals surface area contributed by atoms with Gasteiger partial charge in [0.1, 0.15) is 0 Å². The van der Waals surface area contributed by atoms with E-state index >= 15 is 0 Å². The van der Waals surface area contributed by atoms with Gasteiger partial charge in [0.15, 0.2) is 0 Å². The molecular formula is C20H30N2O. The number of anilines is 1. The van der Waals surface area contributed by atoms with Gasteiger partial charge in [0, 0.05) is 30.4 Å². The minimum Gasteiger partial charge on any atom is -0.398 e. The Morgan fingerprint density at radius 1 is 1.22 bits per heavy atom. The summed E-state index contributed by atoms with van der Waals surface area (Å²) in [5.74, 6) is 0. The Labute approximate surface area is 140 Å². The molecule has 23 heavy (non-hydrogen) atoms. The van der Waals surface area contributed by atoms with Crippen LogP contribution in [0.5, 0.6) is 0 Å². The zero-order valence-corrected chi connectivity index (χ0v) is 14.8. The number of rotatable bonds is 3. The maximum atomic E-state index is 6.29. The van der Waals surface area contributed by atoms with Crippen molar-refractivity contribution < 1.29 is 4.74 Å². The molecule has 0 spiro atoms. The van der Waals surface area contributed by atoms with Gasteiger partial charge in [0.2, 0.25) is 0 Å². The monoisotopic (exact) mass is 314 g/mol. The van der Waals surface area contributed by atoms with Crippen LogP contribution in [0.1, 0.15) is 57.2 Å². The van der Waals surface area contributed by atoms with Gasteiger partial charge in [-0.25, -0.2) is 0 Å². The van der Waals surface area contributed by atoms with Crippen LogP contribution >= 0.6 is 0 Å². The molecule has 3 heteroatoms. The van der Waals surface area contributed by atoms with E-state index in [1.54, 1.807) is 0 Å². The summed E-state index contributed by atoms with van der Waals surface area (Å²) in [5.41, 5.74) is 11.7. The third-order valence-corrected chi connectivity index (χ3v) is 5.47. The van der Waals surface area contributed by atoms with Crippen molar-refractivity contribution in [1.29, 1.82) is 0 Å². The first kappa shape index (κ1) is 16.5. The first-order valence-electron chi connectivity index (χ1n) is 8.87. The Kier molecular flexibility index (Phi) is 4.79. The lowest BCUT2D eigenvalue weighted by Gasteiger charge is -2.33. The molecule has 1 unspecified atom stereocenters. The molecule has 1 aromatic carbocycles. The topological polar surface area (TPSA) is 38.5 Å². The van der Waals surface area contributed by atoms with Gasteiger partial charge in [-0.3, -0.25) is 4.90 Å². The Hall–Kier alpha value is -1.32. The molecule has 1 fully saturated rings. The molecule has 0 radical (unpaired) electrons. The first-order valence-corrected chi connectivity index (χ1v) is 8.87. The van der Waals surface area contributed by atoms with E-state index in [-0.39, 0.29) is 0 Å². The van der Waals surface area contributed by atoms with Crippen molar-refractivity contribution in [3.8, 4) is 0 Å². The van der Waals surface area contributed by atoms with Crippen LogP contribution in [0, 0.1) is 5.41 Å². The number of ether oxygens (including phenoxy) is 1. The zero-order valence-electron chi connectivity index (χ0n) is 14.8. The molecule has 126 valence electrons. The van der Waals surface area contributed by atoms with Crippen molar-refractivity contribution in [1.82, 2.24) is 4.90 Å². The highest BCUT2D eigenvalue weighted by molar-refractivity contribution is 5.76. The summed E-state index contributed by atoms with van der Waals surface area (Å²) in [6.45, 7) is 10.7. The van der Waals surface area contributed by atoms with Crippen LogP contribution in [0.4, 0.5) is 5.69 Å². The van der Waals surface area contributed by atoms with E-state index in [1.807, 2.05) is 0 Å². The molecule has 3 rings (SSSR count). The summed E-state index contributed by atoms with van der Waals surface area (Å²) in [6, 6.07) is 7.01. The van der Waals surface area contributed by atoms with Gasteiger partial charge in [-0.15, -0.1) is 0 Å². The fourth-order valence-corrected chi connectivity index (χ4v) is 3.61. The average Bonchev–Trinajstić information content (AvgIpc) is 2.56. The molecule has 0 bridgehead atoms. The van der Waals surface area contributed by atoms with Crippen LogP contribution in [-0.2, 0) is 4.74 Å². The molecule has 1 aliphatic carbocycles. The minimum atomic E-state index is 0.416. The van der Waals surface area contributed by atoms with E-state index in [0.717, 1.165) is 44.8 Å². The van der Waals surface area contributed by atoms with Gasteiger partial charge in [-0.2, -0.15) is 0 Å². The number of hydrogen-bond donors (Lipinski definition) is 1. The summed E-state index contributed by atoms with van der Waals surface area (Å²) in [4.78, 5) is 2.50. The molecule has 1 saturated heterocycles. The van der Waals surface area contributed by atoms with Gasteiger partial charge in [-0.1, -0.05) is 26.0 Å². The first-order chi connectivity index (χ1) is 11.0. The lowest BCUT2D eigenvalue weighted by Crippen LogP contribution is -2.38. The van der Waals surface area contributed by atoms with Gasteiger partial charge in [-0.05, 0) is 54.9 Å². The molecule has 2 N–H and O–H groups in total. The van der Waals surface area contributed by atoms with Crippen LogP contribution in [-0.4, -0.2) is 31.2 Å². The maximum absolute atomic E-state index is 6.29. The summed E-state index contributed by atoms with van der Waals surface area (Å²) in [6.07, 6.45) is 5.91. The second-order valence-electron chi connectivity index (χ2n) is 7.77. The molecule has 1 atom stereocenters. The Morgan fingerprint density at radius 2 is 1.96 bits per heavy atom. The Balaban J connectivity index is 1.83. The highest BCUT2D eigenvalue weighted by Gasteiger charge is 2.24. The number of nitrogens with zero attached hydrogens (tertiary/aromatic N) is 1. The van der Waals surface area contributed by atoms with Crippen molar-refractivity contribution in [2.45, 2.75) is 46.1 Å². The minimum absolute atomic E-state index is 0.416. The predicted octanol–water partition coefficient (Wildman–Crippen LogP) is 4.26. The van der Waals surface area contributed by atoms with Crippen molar-refractivity contribution in [3.05, 3.63) is 35.4 Å². The maximum Gasteiger partial charge on any atom is 0.0594 e. The molecule has 0 aromatic heterocycles. The van der Waals surface area contributed by atoms with E-state index < -0.39 is 0 Å². The number of nitrogen functional groups attached to an aromatic ring is 1. The third kappa shape index (κ3) is 3.78. The molecule has 1 heterocycles. The van der Waals surface area contributed by atoms with E-state index in [9.17, 15) is 0 Å². The van der Waals surface area contributed by atoms with Crippen molar-refractivity contribution in [3.63, 3.8) is 0 Å². The van der Waals surface area contributed by atoms with Gasteiger partial charge < -0.3 is 10.5 Å². The molecule has 2 aliphatic rings. The fraction of sp³-hybridized carbons (Fsp3) is 0.600. The summed E-state index contributed by atoms with van der Waals surface area (Å²) in [7, 11) is 0. The third-order valence-electron chi connectivity index (χ3n) is 5.47. The standard InChI is InChI=1S/C20H30N2O/c1-15(22-10-12-23-13-11-22)17-4-5-19(21)18(14-17)16-6-8-20(2,3)9-7-16/h4-6,14-15H,7-13,21H2,1-3H3. The van der Waals surface area contributed by atoms with Crippen LogP contribution in [0.3, 0.4) is 0 Å². The fourth-order valence-electron chi connectivity index (χ4n) is 3.61. The van der Waals surface area contributed by atoms with E-state index in [4.69, 9.17) is 10.5 Å². The molecule has 1 aromatic rings. The van der Waals surface area contributed by atoms with E-state index in [2.05, 4.69) is 49.9 Å². The second-order valence-corrected chi connectivity index (χ2v) is 7.77. The molecule has 1 aliphatic heterocycles. The molecular weight excluding hydrogens is 284 g/mol.